The molecule has 0 aliphatic rings. The molecule has 2 aromatic rings. The van der Waals surface area contributed by atoms with Gasteiger partial charge in [-0.15, -0.1) is 0 Å². The Kier molecular flexibility index (Phi) is 3.83. The van der Waals surface area contributed by atoms with Gasteiger partial charge in [0.1, 0.15) is 5.76 Å². The molecule has 0 N–H and O–H groups in total. The first-order valence-corrected chi connectivity index (χ1v) is 5.66. The summed E-state index contributed by atoms with van der Waals surface area (Å²) in [7, 11) is 2.12. The molecule has 0 saturated heterocycles. The molecule has 0 saturated carbocycles. The first-order chi connectivity index (χ1) is 7.84. The second kappa shape index (κ2) is 5.56. The predicted molar refractivity (Wildman–Crippen MR) is 64.1 cm³/mol. The zero-order valence-electron chi connectivity index (χ0n) is 9.67. The van der Waals surface area contributed by atoms with Crippen LogP contribution in [-0.2, 0) is 13.1 Å². The van der Waals surface area contributed by atoms with Crippen LogP contribution in [0, 0.1) is 0 Å². The Morgan fingerprint density at radius 1 is 1.25 bits per heavy atom. The van der Waals surface area contributed by atoms with Crippen LogP contribution in [0.2, 0.25) is 0 Å². The van der Waals surface area contributed by atoms with Crippen molar-refractivity contribution < 1.29 is 4.42 Å². The minimum Gasteiger partial charge on any atom is -0.468 e. The molecular weight excluding hydrogens is 200 g/mol. The molecule has 3 heteroatoms. The van der Waals surface area contributed by atoms with Crippen molar-refractivity contribution in [3.8, 4) is 0 Å². The first kappa shape index (κ1) is 11.0. The zero-order valence-corrected chi connectivity index (χ0v) is 9.67. The van der Waals surface area contributed by atoms with E-state index in [4.69, 9.17) is 4.42 Å². The summed E-state index contributed by atoms with van der Waals surface area (Å²) >= 11 is 0. The van der Waals surface area contributed by atoms with Gasteiger partial charge in [0.15, 0.2) is 0 Å². The first-order valence-electron chi connectivity index (χ1n) is 5.66. The zero-order chi connectivity index (χ0) is 11.2. The Morgan fingerprint density at radius 3 is 2.75 bits per heavy atom. The monoisotopic (exact) mass is 218 g/mol. The molecule has 0 aliphatic heterocycles. The minimum absolute atomic E-state index is 0.888. The lowest BCUT2D eigenvalue weighted by Crippen LogP contribution is -2.19. The normalized spacial score (nSPS) is 11.1. The summed E-state index contributed by atoms with van der Waals surface area (Å²) < 4.78 is 7.52. The fraction of sp³-hybridized carbons (Fsp3) is 0.385. The fourth-order valence-electron chi connectivity index (χ4n) is 1.79. The Bertz CT molecular complexity index is 378. The van der Waals surface area contributed by atoms with Crippen LogP contribution in [0.1, 0.15) is 12.2 Å². The molecule has 3 nitrogen and oxygen atoms in total. The SMILES string of the molecule is CN(CCCn1cccc1)Cc1ccco1. The summed E-state index contributed by atoms with van der Waals surface area (Å²) in [6.45, 7) is 3.05. The molecule has 0 bridgehead atoms. The van der Waals surface area contributed by atoms with Crippen molar-refractivity contribution in [2.75, 3.05) is 13.6 Å². The summed E-state index contributed by atoms with van der Waals surface area (Å²) in [5.41, 5.74) is 0. The van der Waals surface area contributed by atoms with E-state index in [1.165, 1.54) is 0 Å². The van der Waals surface area contributed by atoms with E-state index in [0.29, 0.717) is 0 Å². The number of rotatable bonds is 6. The Labute approximate surface area is 96.3 Å². The van der Waals surface area contributed by atoms with E-state index >= 15 is 0 Å². The lowest BCUT2D eigenvalue weighted by atomic mass is 10.3. The standard InChI is InChI=1S/C13H18N2O/c1-14(12-13-6-4-11-16-13)7-5-10-15-8-2-3-9-15/h2-4,6,8-9,11H,5,7,10,12H2,1H3. The molecule has 2 aromatic heterocycles. The molecule has 16 heavy (non-hydrogen) atoms. The van der Waals surface area contributed by atoms with Gasteiger partial charge < -0.3 is 8.98 Å². The van der Waals surface area contributed by atoms with E-state index < -0.39 is 0 Å². The summed E-state index contributed by atoms with van der Waals surface area (Å²) in [5, 5.41) is 0. The van der Waals surface area contributed by atoms with Crippen LogP contribution in [0.4, 0.5) is 0 Å². The third-order valence-corrected chi connectivity index (χ3v) is 2.63. The van der Waals surface area contributed by atoms with Crippen molar-refractivity contribution in [1.82, 2.24) is 9.47 Å². The smallest absolute Gasteiger partial charge is 0.117 e. The third kappa shape index (κ3) is 3.28. The minimum atomic E-state index is 0.888. The molecule has 0 aromatic carbocycles. The van der Waals surface area contributed by atoms with E-state index in [2.05, 4.69) is 41.0 Å². The van der Waals surface area contributed by atoms with E-state index in [-0.39, 0.29) is 0 Å². The Balaban J connectivity index is 1.66. The number of hydrogen-bond acceptors (Lipinski definition) is 2. The lowest BCUT2D eigenvalue weighted by molar-refractivity contribution is 0.286. The molecule has 0 amide bonds. The Morgan fingerprint density at radius 2 is 2.06 bits per heavy atom. The van der Waals surface area contributed by atoms with Crippen LogP contribution in [0.15, 0.2) is 47.3 Å². The highest BCUT2D eigenvalue weighted by Gasteiger charge is 2.01. The largest absolute Gasteiger partial charge is 0.468 e. The van der Waals surface area contributed by atoms with Crippen LogP contribution in [-0.4, -0.2) is 23.1 Å². The molecule has 0 radical (unpaired) electrons. The maximum Gasteiger partial charge on any atom is 0.117 e. The van der Waals surface area contributed by atoms with Gasteiger partial charge in [0.05, 0.1) is 12.8 Å². The highest BCUT2D eigenvalue weighted by Crippen LogP contribution is 2.04. The van der Waals surface area contributed by atoms with Gasteiger partial charge in [0.2, 0.25) is 0 Å². The van der Waals surface area contributed by atoms with Crippen LogP contribution >= 0.6 is 0 Å². The molecule has 86 valence electrons. The lowest BCUT2D eigenvalue weighted by Gasteiger charge is -2.14. The number of aromatic nitrogens is 1. The molecule has 0 spiro atoms. The van der Waals surface area contributed by atoms with Crippen molar-refractivity contribution in [1.29, 1.82) is 0 Å². The summed E-state index contributed by atoms with van der Waals surface area (Å²) in [6.07, 6.45) is 7.09. The second-order valence-corrected chi connectivity index (χ2v) is 4.09. The number of furan rings is 1. The van der Waals surface area contributed by atoms with Gasteiger partial charge in [-0.2, -0.15) is 0 Å². The molecule has 0 aliphatic carbocycles. The van der Waals surface area contributed by atoms with Crippen LogP contribution in [0.5, 0.6) is 0 Å². The van der Waals surface area contributed by atoms with Crippen LogP contribution < -0.4 is 0 Å². The molecular formula is C13H18N2O. The van der Waals surface area contributed by atoms with Gasteiger partial charge in [0.25, 0.3) is 0 Å². The molecule has 2 rings (SSSR count). The fourth-order valence-corrected chi connectivity index (χ4v) is 1.79. The van der Waals surface area contributed by atoms with Gasteiger partial charge in [-0.3, -0.25) is 4.90 Å². The third-order valence-electron chi connectivity index (χ3n) is 2.63. The van der Waals surface area contributed by atoms with E-state index in [0.717, 1.165) is 31.8 Å². The van der Waals surface area contributed by atoms with Crippen LogP contribution in [0.3, 0.4) is 0 Å². The van der Waals surface area contributed by atoms with Gasteiger partial charge in [-0.25, -0.2) is 0 Å². The quantitative estimate of drug-likeness (QED) is 0.743. The molecule has 0 fully saturated rings. The van der Waals surface area contributed by atoms with Crippen molar-refractivity contribution in [3.63, 3.8) is 0 Å². The number of aryl methyl sites for hydroxylation is 1. The van der Waals surface area contributed by atoms with Gasteiger partial charge in [-0.05, 0) is 37.7 Å². The maximum absolute atomic E-state index is 5.31. The van der Waals surface area contributed by atoms with E-state index in [9.17, 15) is 0 Å². The molecule has 2 heterocycles. The van der Waals surface area contributed by atoms with Crippen LogP contribution in [0.25, 0.3) is 0 Å². The molecule has 0 unspecified atom stereocenters. The van der Waals surface area contributed by atoms with Crippen molar-refractivity contribution in [3.05, 3.63) is 48.7 Å². The van der Waals surface area contributed by atoms with Gasteiger partial charge in [0, 0.05) is 25.5 Å². The summed E-state index contributed by atoms with van der Waals surface area (Å²) in [4.78, 5) is 2.28. The average molecular weight is 218 g/mol. The maximum atomic E-state index is 5.31. The number of hydrogen-bond donors (Lipinski definition) is 0. The second-order valence-electron chi connectivity index (χ2n) is 4.09. The van der Waals surface area contributed by atoms with Gasteiger partial charge in [-0.1, -0.05) is 0 Å². The summed E-state index contributed by atoms with van der Waals surface area (Å²) in [6, 6.07) is 8.07. The van der Waals surface area contributed by atoms with E-state index in [1.54, 1.807) is 6.26 Å². The average Bonchev–Trinajstić information content (AvgIpc) is 2.90. The van der Waals surface area contributed by atoms with Crippen molar-refractivity contribution in [2.45, 2.75) is 19.5 Å². The summed E-state index contributed by atoms with van der Waals surface area (Å²) in [5.74, 6) is 1.03. The van der Waals surface area contributed by atoms with Crippen molar-refractivity contribution >= 4 is 0 Å². The van der Waals surface area contributed by atoms with E-state index in [1.807, 2.05) is 12.1 Å². The highest BCUT2D eigenvalue weighted by molar-refractivity contribution is 4.97. The van der Waals surface area contributed by atoms with Gasteiger partial charge >= 0.3 is 0 Å². The van der Waals surface area contributed by atoms with Crippen molar-refractivity contribution in [2.24, 2.45) is 0 Å². The molecule has 0 atom stereocenters. The topological polar surface area (TPSA) is 21.3 Å². The Hall–Kier alpha value is -1.48. The number of nitrogens with zero attached hydrogens (tertiary/aromatic N) is 2. The highest BCUT2D eigenvalue weighted by atomic mass is 16.3. The predicted octanol–water partition coefficient (Wildman–Crippen LogP) is 2.60.